The fourth-order valence-corrected chi connectivity index (χ4v) is 1.00. The molecule has 1 aliphatic rings. The number of rotatable bonds is 1. The van der Waals surface area contributed by atoms with Crippen LogP contribution in [-0.2, 0) is 5.60 Å². The molecule has 0 atom stereocenters. The number of aliphatic hydroxyl groups is 1. The average Bonchev–Trinajstić information content (AvgIpc) is 2.59. The molecule has 1 heterocycles. The van der Waals surface area contributed by atoms with Gasteiger partial charge < -0.3 is 9.52 Å². The van der Waals surface area contributed by atoms with E-state index in [1.165, 1.54) is 0 Å². The Bertz CT molecular complexity index is 267. The number of aryl methyl sites for hydroxylation is 2. The molecule has 0 unspecified atom stereocenters. The van der Waals surface area contributed by atoms with Crippen molar-refractivity contribution >= 4 is 0 Å². The molecule has 0 bridgehead atoms. The van der Waals surface area contributed by atoms with E-state index in [0.29, 0.717) is 5.89 Å². The molecule has 1 aliphatic carbocycles. The molecule has 0 amide bonds. The van der Waals surface area contributed by atoms with E-state index in [-0.39, 0.29) is 0 Å². The Hall–Kier alpha value is -0.830. The topological polar surface area (TPSA) is 46.3 Å². The van der Waals surface area contributed by atoms with Gasteiger partial charge in [0.2, 0.25) is 5.89 Å². The second-order valence-electron chi connectivity index (χ2n) is 3.19. The highest BCUT2D eigenvalue weighted by Crippen LogP contribution is 2.44. The lowest BCUT2D eigenvalue weighted by molar-refractivity contribution is 0.116. The summed E-state index contributed by atoms with van der Waals surface area (Å²) in [6, 6.07) is 0. The highest BCUT2D eigenvalue weighted by Gasteiger charge is 2.47. The molecule has 1 aromatic rings. The highest BCUT2D eigenvalue weighted by molar-refractivity contribution is 5.14. The first-order valence-corrected chi connectivity index (χ1v) is 3.79. The van der Waals surface area contributed by atoms with Crippen molar-refractivity contribution < 1.29 is 9.52 Å². The Balaban J connectivity index is 2.39. The van der Waals surface area contributed by atoms with Crippen LogP contribution in [0, 0.1) is 13.8 Å². The van der Waals surface area contributed by atoms with Crippen LogP contribution in [0.4, 0.5) is 0 Å². The number of hydrogen-bond acceptors (Lipinski definition) is 3. The summed E-state index contributed by atoms with van der Waals surface area (Å²) < 4.78 is 5.28. The third kappa shape index (κ3) is 0.959. The third-order valence-corrected chi connectivity index (χ3v) is 2.15. The lowest BCUT2D eigenvalue weighted by Crippen LogP contribution is -2.03. The van der Waals surface area contributed by atoms with Crippen LogP contribution in [0.25, 0.3) is 0 Å². The van der Waals surface area contributed by atoms with Crippen molar-refractivity contribution in [1.82, 2.24) is 4.98 Å². The molecule has 0 spiro atoms. The summed E-state index contributed by atoms with van der Waals surface area (Å²) in [5.74, 6) is 1.30. The summed E-state index contributed by atoms with van der Waals surface area (Å²) in [7, 11) is 0. The van der Waals surface area contributed by atoms with Crippen LogP contribution in [0.1, 0.15) is 30.2 Å². The highest BCUT2D eigenvalue weighted by atomic mass is 16.4. The van der Waals surface area contributed by atoms with E-state index in [0.717, 1.165) is 24.3 Å². The predicted molar refractivity (Wildman–Crippen MR) is 39.1 cm³/mol. The summed E-state index contributed by atoms with van der Waals surface area (Å²) in [6.07, 6.45) is 1.57. The van der Waals surface area contributed by atoms with Crippen molar-refractivity contribution in [3.05, 3.63) is 17.3 Å². The molecule has 1 saturated carbocycles. The molecule has 3 nitrogen and oxygen atoms in total. The molecule has 2 rings (SSSR count). The largest absolute Gasteiger partial charge is 0.443 e. The molecule has 0 aliphatic heterocycles. The Kier molecular flexibility index (Phi) is 1.16. The van der Waals surface area contributed by atoms with Crippen molar-refractivity contribution in [3.63, 3.8) is 0 Å². The first-order chi connectivity index (χ1) is 5.12. The molecule has 11 heavy (non-hydrogen) atoms. The lowest BCUT2D eigenvalue weighted by Gasteiger charge is -1.98. The molecule has 60 valence electrons. The zero-order valence-corrected chi connectivity index (χ0v) is 6.72. The molecule has 1 fully saturated rings. The molecule has 0 radical (unpaired) electrons. The summed E-state index contributed by atoms with van der Waals surface area (Å²) in [4.78, 5) is 4.13. The smallest absolute Gasteiger partial charge is 0.226 e. The van der Waals surface area contributed by atoms with Gasteiger partial charge in [-0.2, -0.15) is 0 Å². The van der Waals surface area contributed by atoms with E-state index in [4.69, 9.17) is 4.42 Å². The fourth-order valence-electron chi connectivity index (χ4n) is 1.00. The molecular formula is C8H11NO2. The number of aromatic nitrogens is 1. The standard InChI is InChI=1S/C8H11NO2/c1-5-6(2)11-7(9-5)8(10)3-4-8/h10H,3-4H2,1-2H3. The maximum absolute atomic E-state index is 9.58. The van der Waals surface area contributed by atoms with Gasteiger partial charge in [-0.1, -0.05) is 0 Å². The number of oxazole rings is 1. The number of hydrogen-bond donors (Lipinski definition) is 1. The monoisotopic (exact) mass is 153 g/mol. The van der Waals surface area contributed by atoms with Gasteiger partial charge in [0.15, 0.2) is 0 Å². The van der Waals surface area contributed by atoms with Crippen LogP contribution in [0.3, 0.4) is 0 Å². The van der Waals surface area contributed by atoms with Crippen LogP contribution >= 0.6 is 0 Å². The summed E-state index contributed by atoms with van der Waals surface area (Å²) >= 11 is 0. The van der Waals surface area contributed by atoms with E-state index < -0.39 is 5.60 Å². The minimum atomic E-state index is -0.723. The molecule has 1 N–H and O–H groups in total. The zero-order chi connectivity index (χ0) is 8.06. The molecule has 0 aromatic carbocycles. The summed E-state index contributed by atoms with van der Waals surface area (Å²) in [5.41, 5.74) is 0.152. The van der Waals surface area contributed by atoms with Gasteiger partial charge in [-0.15, -0.1) is 0 Å². The van der Waals surface area contributed by atoms with Gasteiger partial charge in [-0.3, -0.25) is 0 Å². The van der Waals surface area contributed by atoms with E-state index in [9.17, 15) is 5.11 Å². The average molecular weight is 153 g/mol. The Morgan fingerprint density at radius 3 is 2.45 bits per heavy atom. The summed E-state index contributed by atoms with van der Waals surface area (Å²) in [6.45, 7) is 3.74. The van der Waals surface area contributed by atoms with Crippen LogP contribution in [0.2, 0.25) is 0 Å². The van der Waals surface area contributed by atoms with Gasteiger partial charge in [0, 0.05) is 0 Å². The minimum absolute atomic E-state index is 0.493. The van der Waals surface area contributed by atoms with E-state index in [1.807, 2.05) is 13.8 Å². The summed E-state index contributed by atoms with van der Waals surface area (Å²) in [5, 5.41) is 9.58. The molecule has 1 aromatic heterocycles. The van der Waals surface area contributed by atoms with Gasteiger partial charge in [0.05, 0.1) is 5.69 Å². The van der Waals surface area contributed by atoms with Crippen molar-refractivity contribution in [2.45, 2.75) is 32.3 Å². The van der Waals surface area contributed by atoms with Crippen molar-refractivity contribution in [1.29, 1.82) is 0 Å². The minimum Gasteiger partial charge on any atom is -0.443 e. The quantitative estimate of drug-likeness (QED) is 0.660. The molecular weight excluding hydrogens is 142 g/mol. The van der Waals surface area contributed by atoms with Gasteiger partial charge in [0.25, 0.3) is 0 Å². The molecule has 3 heteroatoms. The van der Waals surface area contributed by atoms with Gasteiger partial charge in [-0.25, -0.2) is 4.98 Å². The van der Waals surface area contributed by atoms with E-state index >= 15 is 0 Å². The van der Waals surface area contributed by atoms with Crippen molar-refractivity contribution in [2.24, 2.45) is 0 Å². The third-order valence-electron chi connectivity index (χ3n) is 2.15. The second kappa shape index (κ2) is 1.85. The van der Waals surface area contributed by atoms with Gasteiger partial charge >= 0.3 is 0 Å². The van der Waals surface area contributed by atoms with Crippen LogP contribution in [0.15, 0.2) is 4.42 Å². The van der Waals surface area contributed by atoms with E-state index in [1.54, 1.807) is 0 Å². The zero-order valence-electron chi connectivity index (χ0n) is 6.72. The first-order valence-electron chi connectivity index (χ1n) is 3.79. The lowest BCUT2D eigenvalue weighted by atomic mass is 10.3. The number of nitrogens with zero attached hydrogens (tertiary/aromatic N) is 1. The van der Waals surface area contributed by atoms with Crippen molar-refractivity contribution in [2.75, 3.05) is 0 Å². The van der Waals surface area contributed by atoms with Gasteiger partial charge in [-0.05, 0) is 26.7 Å². The SMILES string of the molecule is Cc1nc(C2(O)CC2)oc1C. The van der Waals surface area contributed by atoms with E-state index in [2.05, 4.69) is 4.98 Å². The predicted octanol–water partition coefficient (Wildman–Crippen LogP) is 1.27. The maximum Gasteiger partial charge on any atom is 0.226 e. The Labute approximate surface area is 65.1 Å². The van der Waals surface area contributed by atoms with Crippen LogP contribution in [0.5, 0.6) is 0 Å². The second-order valence-corrected chi connectivity index (χ2v) is 3.19. The first kappa shape index (κ1) is 6.85. The maximum atomic E-state index is 9.58. The Morgan fingerprint density at radius 2 is 2.09 bits per heavy atom. The van der Waals surface area contributed by atoms with Crippen LogP contribution < -0.4 is 0 Å². The van der Waals surface area contributed by atoms with Gasteiger partial charge in [0.1, 0.15) is 11.4 Å². The Morgan fingerprint density at radius 1 is 1.45 bits per heavy atom. The fraction of sp³-hybridized carbons (Fsp3) is 0.625. The molecule has 0 saturated heterocycles. The van der Waals surface area contributed by atoms with Crippen LogP contribution in [-0.4, -0.2) is 10.1 Å². The van der Waals surface area contributed by atoms with Crippen molar-refractivity contribution in [3.8, 4) is 0 Å². The normalized spacial score (nSPS) is 20.3.